The maximum atomic E-state index is 12.0. The number of nitrogens with one attached hydrogen (secondary N) is 2. The van der Waals surface area contributed by atoms with E-state index in [0.29, 0.717) is 17.2 Å². The Bertz CT molecular complexity index is 681. The molecule has 1 heterocycles. The second-order valence-corrected chi connectivity index (χ2v) is 3.82. The van der Waals surface area contributed by atoms with Gasteiger partial charge in [-0.3, -0.25) is 9.59 Å². The fourth-order valence-electron chi connectivity index (χ4n) is 1.59. The van der Waals surface area contributed by atoms with Gasteiger partial charge in [-0.15, -0.1) is 0 Å². The van der Waals surface area contributed by atoms with Crippen molar-refractivity contribution in [1.82, 2.24) is 9.97 Å². The van der Waals surface area contributed by atoms with Crippen LogP contribution in [0.4, 0.5) is 5.69 Å². The predicted octanol–water partition coefficient (Wildman–Crippen LogP) is 1.04. The minimum atomic E-state index is -0.511. The van der Waals surface area contributed by atoms with Gasteiger partial charge in [-0.25, -0.2) is 4.98 Å². The quantitative estimate of drug-likeness (QED) is 0.869. The Kier molecular flexibility index (Phi) is 3.99. The Labute approximate surface area is 114 Å². The predicted molar refractivity (Wildman–Crippen MR) is 72.4 cm³/mol. The molecule has 1 amide bonds. The lowest BCUT2D eigenvalue weighted by Crippen LogP contribution is -2.18. The number of aromatic nitrogens is 2. The van der Waals surface area contributed by atoms with E-state index in [2.05, 4.69) is 15.3 Å². The zero-order valence-corrected chi connectivity index (χ0v) is 11.0. The van der Waals surface area contributed by atoms with E-state index in [4.69, 9.17) is 9.47 Å². The Balaban J connectivity index is 2.29. The number of carbonyl (C=O) groups excluding carboxylic acids is 1. The largest absolute Gasteiger partial charge is 0.497 e. The van der Waals surface area contributed by atoms with Crippen molar-refractivity contribution in [2.24, 2.45) is 0 Å². The highest BCUT2D eigenvalue weighted by Crippen LogP contribution is 2.29. The van der Waals surface area contributed by atoms with Gasteiger partial charge in [-0.2, -0.15) is 0 Å². The zero-order chi connectivity index (χ0) is 14.5. The first-order valence-corrected chi connectivity index (χ1v) is 5.72. The van der Waals surface area contributed by atoms with Gasteiger partial charge in [0, 0.05) is 12.1 Å². The molecular weight excluding hydrogens is 262 g/mol. The van der Waals surface area contributed by atoms with Crippen LogP contribution in [0.2, 0.25) is 0 Å². The van der Waals surface area contributed by atoms with Gasteiger partial charge in [0.2, 0.25) is 0 Å². The number of methoxy groups -OCH3 is 2. The molecule has 7 nitrogen and oxygen atoms in total. The number of hydrogen-bond acceptors (Lipinski definition) is 5. The average molecular weight is 275 g/mol. The summed E-state index contributed by atoms with van der Waals surface area (Å²) in [5, 5.41) is 2.62. The van der Waals surface area contributed by atoms with Crippen LogP contribution >= 0.6 is 0 Å². The molecule has 0 unspecified atom stereocenters. The molecule has 0 atom stereocenters. The molecule has 0 bridgehead atoms. The number of ether oxygens (including phenoxy) is 2. The number of rotatable bonds is 4. The number of benzene rings is 1. The summed E-state index contributed by atoms with van der Waals surface area (Å²) >= 11 is 0. The van der Waals surface area contributed by atoms with Crippen molar-refractivity contribution < 1.29 is 14.3 Å². The second-order valence-electron chi connectivity index (χ2n) is 3.82. The third-order valence-electron chi connectivity index (χ3n) is 2.57. The van der Waals surface area contributed by atoms with Gasteiger partial charge in [-0.1, -0.05) is 0 Å². The van der Waals surface area contributed by atoms with E-state index in [0.717, 1.165) is 6.07 Å². The molecule has 2 aromatic rings. The van der Waals surface area contributed by atoms with E-state index in [1.165, 1.54) is 20.5 Å². The fourth-order valence-corrected chi connectivity index (χ4v) is 1.59. The third kappa shape index (κ3) is 2.94. The van der Waals surface area contributed by atoms with Gasteiger partial charge in [0.25, 0.3) is 11.5 Å². The van der Waals surface area contributed by atoms with Gasteiger partial charge >= 0.3 is 0 Å². The number of amides is 1. The lowest BCUT2D eigenvalue weighted by molar-refractivity contribution is 0.102. The minimum Gasteiger partial charge on any atom is -0.497 e. The number of carbonyl (C=O) groups is 1. The SMILES string of the molecule is COc1ccc(OC)c(NC(=O)c2cc(=O)[nH]cn2)c1. The Morgan fingerprint density at radius 1 is 1.25 bits per heavy atom. The van der Waals surface area contributed by atoms with E-state index in [9.17, 15) is 9.59 Å². The molecule has 104 valence electrons. The van der Waals surface area contributed by atoms with Crippen LogP contribution in [0.1, 0.15) is 10.5 Å². The molecule has 0 saturated carbocycles. The van der Waals surface area contributed by atoms with E-state index in [1.54, 1.807) is 18.2 Å². The van der Waals surface area contributed by atoms with Crippen molar-refractivity contribution in [1.29, 1.82) is 0 Å². The topological polar surface area (TPSA) is 93.3 Å². The van der Waals surface area contributed by atoms with Crippen LogP contribution in [0, 0.1) is 0 Å². The Hall–Kier alpha value is -2.83. The van der Waals surface area contributed by atoms with Gasteiger partial charge in [0.05, 0.1) is 26.2 Å². The Morgan fingerprint density at radius 2 is 2.05 bits per heavy atom. The van der Waals surface area contributed by atoms with Crippen LogP contribution in [0.25, 0.3) is 0 Å². The van der Waals surface area contributed by atoms with Crippen LogP contribution in [-0.4, -0.2) is 30.1 Å². The van der Waals surface area contributed by atoms with Crippen LogP contribution in [-0.2, 0) is 0 Å². The smallest absolute Gasteiger partial charge is 0.274 e. The maximum absolute atomic E-state index is 12.0. The molecule has 2 rings (SSSR count). The molecule has 0 aliphatic heterocycles. The summed E-state index contributed by atoms with van der Waals surface area (Å²) in [5.74, 6) is 0.534. The molecule has 1 aromatic heterocycles. The van der Waals surface area contributed by atoms with Crippen LogP contribution in [0.15, 0.2) is 35.4 Å². The molecule has 0 saturated heterocycles. The molecule has 0 aliphatic carbocycles. The van der Waals surface area contributed by atoms with E-state index < -0.39 is 11.5 Å². The molecule has 0 spiro atoms. The normalized spacial score (nSPS) is 9.90. The monoisotopic (exact) mass is 275 g/mol. The van der Waals surface area contributed by atoms with Gasteiger partial charge in [-0.05, 0) is 12.1 Å². The van der Waals surface area contributed by atoms with Crippen molar-refractivity contribution in [3.8, 4) is 11.5 Å². The van der Waals surface area contributed by atoms with Crippen LogP contribution in [0.3, 0.4) is 0 Å². The summed E-state index contributed by atoms with van der Waals surface area (Å²) in [7, 11) is 3.01. The molecule has 2 N–H and O–H groups in total. The van der Waals surface area contributed by atoms with E-state index in [-0.39, 0.29) is 5.69 Å². The lowest BCUT2D eigenvalue weighted by atomic mass is 10.2. The fraction of sp³-hybridized carbons (Fsp3) is 0.154. The second kappa shape index (κ2) is 5.87. The standard InChI is InChI=1S/C13H13N3O4/c1-19-8-3-4-11(20-2)9(5-8)16-13(18)10-6-12(17)15-7-14-10/h3-7H,1-2H3,(H,16,18)(H,14,15,17). The number of anilines is 1. The number of hydrogen-bond donors (Lipinski definition) is 2. The zero-order valence-electron chi connectivity index (χ0n) is 11.0. The summed E-state index contributed by atoms with van der Waals surface area (Å²) in [6.07, 6.45) is 1.17. The number of nitrogens with zero attached hydrogens (tertiary/aromatic N) is 1. The highest BCUT2D eigenvalue weighted by molar-refractivity contribution is 6.03. The molecule has 7 heteroatoms. The number of aromatic amines is 1. The van der Waals surface area contributed by atoms with Crippen molar-refractivity contribution in [3.05, 3.63) is 46.6 Å². The van der Waals surface area contributed by atoms with Gasteiger partial charge in [0.15, 0.2) is 0 Å². The summed E-state index contributed by atoms with van der Waals surface area (Å²) in [4.78, 5) is 29.3. The third-order valence-corrected chi connectivity index (χ3v) is 2.57. The molecule has 0 fully saturated rings. The highest BCUT2D eigenvalue weighted by Gasteiger charge is 2.12. The molecular formula is C13H13N3O4. The van der Waals surface area contributed by atoms with Crippen molar-refractivity contribution in [3.63, 3.8) is 0 Å². The van der Waals surface area contributed by atoms with E-state index in [1.807, 2.05) is 0 Å². The average Bonchev–Trinajstić information content (AvgIpc) is 2.47. The van der Waals surface area contributed by atoms with Gasteiger partial charge < -0.3 is 19.8 Å². The molecule has 1 aromatic carbocycles. The van der Waals surface area contributed by atoms with Crippen LogP contribution in [0.5, 0.6) is 11.5 Å². The minimum absolute atomic E-state index is 0.0126. The molecule has 0 aliphatic rings. The number of H-pyrrole nitrogens is 1. The Morgan fingerprint density at radius 3 is 2.70 bits per heavy atom. The summed E-state index contributed by atoms with van der Waals surface area (Å²) < 4.78 is 10.2. The highest BCUT2D eigenvalue weighted by atomic mass is 16.5. The summed E-state index contributed by atoms with van der Waals surface area (Å²) in [6.45, 7) is 0. The molecule has 20 heavy (non-hydrogen) atoms. The van der Waals surface area contributed by atoms with Crippen molar-refractivity contribution >= 4 is 11.6 Å². The van der Waals surface area contributed by atoms with Gasteiger partial charge in [0.1, 0.15) is 17.2 Å². The van der Waals surface area contributed by atoms with Crippen molar-refractivity contribution in [2.45, 2.75) is 0 Å². The maximum Gasteiger partial charge on any atom is 0.274 e. The summed E-state index contributed by atoms with van der Waals surface area (Å²) in [6, 6.07) is 6.10. The van der Waals surface area contributed by atoms with E-state index >= 15 is 0 Å². The first-order chi connectivity index (χ1) is 9.63. The first kappa shape index (κ1) is 13.6. The molecule has 0 radical (unpaired) electrons. The van der Waals surface area contributed by atoms with Crippen LogP contribution < -0.4 is 20.3 Å². The first-order valence-electron chi connectivity index (χ1n) is 5.72. The summed E-state index contributed by atoms with van der Waals surface area (Å²) in [5.41, 5.74) is 0.0420. The lowest BCUT2D eigenvalue weighted by Gasteiger charge is -2.11. The van der Waals surface area contributed by atoms with Crippen molar-refractivity contribution in [2.75, 3.05) is 19.5 Å².